The van der Waals surface area contributed by atoms with Crippen molar-refractivity contribution in [3.63, 3.8) is 0 Å². The molecule has 1 atom stereocenters. The topological polar surface area (TPSA) is 62.4 Å². The fraction of sp³-hybridized carbons (Fsp3) is 0.125. The van der Waals surface area contributed by atoms with Crippen LogP contribution in [0, 0.1) is 0 Å². The summed E-state index contributed by atoms with van der Waals surface area (Å²) in [6.07, 6.45) is 1.70. The lowest BCUT2D eigenvalue weighted by Crippen LogP contribution is -2.38. The Morgan fingerprint density at radius 1 is 1.42 bits per heavy atom. The van der Waals surface area contributed by atoms with Gasteiger partial charge in [0.25, 0.3) is 0 Å². The number of nitrogens with one attached hydrogen (secondary N) is 2. The number of fused-ring (bicyclic) bond motifs is 1. The zero-order valence-electron chi connectivity index (χ0n) is 6.49. The van der Waals surface area contributed by atoms with Gasteiger partial charge in [-0.25, -0.2) is 5.43 Å². The largest absolute Gasteiger partial charge is 0.287 e. The predicted octanol–water partition coefficient (Wildman–Crippen LogP) is 0.0856. The van der Waals surface area contributed by atoms with Crippen molar-refractivity contribution >= 4 is 6.21 Å². The SMILES string of the molecule is NNC1NN=Cc2ccccc21. The van der Waals surface area contributed by atoms with E-state index >= 15 is 0 Å². The van der Waals surface area contributed by atoms with Crippen molar-refractivity contribution < 1.29 is 0 Å². The molecule has 0 fully saturated rings. The van der Waals surface area contributed by atoms with Gasteiger partial charge < -0.3 is 0 Å². The van der Waals surface area contributed by atoms with Gasteiger partial charge in [-0.2, -0.15) is 5.10 Å². The first kappa shape index (κ1) is 7.27. The van der Waals surface area contributed by atoms with Gasteiger partial charge in [-0.3, -0.25) is 11.3 Å². The third-order valence-corrected chi connectivity index (χ3v) is 1.88. The molecule has 0 aromatic heterocycles. The Morgan fingerprint density at radius 3 is 3.08 bits per heavy atom. The van der Waals surface area contributed by atoms with Crippen LogP contribution in [0.4, 0.5) is 0 Å². The van der Waals surface area contributed by atoms with E-state index in [1.54, 1.807) is 6.21 Å². The van der Waals surface area contributed by atoms with E-state index in [2.05, 4.69) is 16.0 Å². The van der Waals surface area contributed by atoms with E-state index < -0.39 is 0 Å². The quantitative estimate of drug-likeness (QED) is 0.405. The fourth-order valence-electron chi connectivity index (χ4n) is 1.27. The summed E-state index contributed by atoms with van der Waals surface area (Å²) in [6, 6.07) is 7.97. The number of rotatable bonds is 1. The maximum Gasteiger partial charge on any atom is 0.132 e. The number of hydrogen-bond donors (Lipinski definition) is 3. The normalized spacial score (nSPS) is 19.9. The highest BCUT2D eigenvalue weighted by atomic mass is 15.4. The molecule has 4 N–H and O–H groups in total. The maximum absolute atomic E-state index is 5.33. The molecule has 4 nitrogen and oxygen atoms in total. The maximum atomic E-state index is 5.33. The molecule has 0 amide bonds. The summed E-state index contributed by atoms with van der Waals surface area (Å²) in [6.45, 7) is 0. The van der Waals surface area contributed by atoms with Gasteiger partial charge >= 0.3 is 0 Å². The minimum absolute atomic E-state index is 0.0776. The molecule has 1 heterocycles. The van der Waals surface area contributed by atoms with Gasteiger partial charge in [0.05, 0.1) is 6.21 Å². The lowest BCUT2D eigenvalue weighted by Gasteiger charge is -2.21. The third kappa shape index (κ3) is 1.07. The van der Waals surface area contributed by atoms with Crippen LogP contribution < -0.4 is 16.7 Å². The Labute approximate surface area is 70.4 Å². The number of nitrogens with two attached hydrogens (primary N) is 1. The molecule has 2 rings (SSSR count). The first-order chi connectivity index (χ1) is 5.92. The number of hydrazone groups is 1. The van der Waals surface area contributed by atoms with E-state index in [4.69, 9.17) is 5.84 Å². The van der Waals surface area contributed by atoms with Crippen LogP contribution >= 0.6 is 0 Å². The van der Waals surface area contributed by atoms with E-state index in [1.165, 1.54) is 0 Å². The molecule has 0 spiro atoms. The van der Waals surface area contributed by atoms with E-state index in [0.29, 0.717) is 0 Å². The number of hydrogen-bond acceptors (Lipinski definition) is 4. The van der Waals surface area contributed by atoms with Crippen molar-refractivity contribution in [2.75, 3.05) is 0 Å². The second-order valence-corrected chi connectivity index (χ2v) is 2.62. The summed E-state index contributed by atoms with van der Waals surface area (Å²) >= 11 is 0. The molecule has 1 aliphatic rings. The van der Waals surface area contributed by atoms with Crippen LogP contribution in [-0.2, 0) is 0 Å². The molecule has 0 saturated heterocycles. The molecule has 0 saturated carbocycles. The fourth-order valence-corrected chi connectivity index (χ4v) is 1.27. The Bertz CT molecular complexity index is 308. The van der Waals surface area contributed by atoms with Gasteiger partial charge in [-0.1, -0.05) is 24.3 Å². The van der Waals surface area contributed by atoms with Crippen LogP contribution in [-0.4, -0.2) is 6.21 Å². The van der Waals surface area contributed by atoms with Crippen molar-refractivity contribution in [3.05, 3.63) is 35.4 Å². The van der Waals surface area contributed by atoms with Crippen molar-refractivity contribution in [2.24, 2.45) is 10.9 Å². The first-order valence-electron chi connectivity index (χ1n) is 3.75. The molecule has 0 aliphatic carbocycles. The van der Waals surface area contributed by atoms with E-state index in [-0.39, 0.29) is 6.17 Å². The smallest absolute Gasteiger partial charge is 0.132 e. The van der Waals surface area contributed by atoms with Crippen LogP contribution in [0.1, 0.15) is 17.3 Å². The third-order valence-electron chi connectivity index (χ3n) is 1.88. The van der Waals surface area contributed by atoms with Crippen LogP contribution in [0.25, 0.3) is 0 Å². The summed E-state index contributed by atoms with van der Waals surface area (Å²) in [4.78, 5) is 0. The minimum atomic E-state index is -0.0776. The monoisotopic (exact) mass is 162 g/mol. The minimum Gasteiger partial charge on any atom is -0.287 e. The first-order valence-corrected chi connectivity index (χ1v) is 3.75. The summed E-state index contributed by atoms with van der Waals surface area (Å²) in [5.41, 5.74) is 7.71. The lowest BCUT2D eigenvalue weighted by atomic mass is 10.1. The van der Waals surface area contributed by atoms with Gasteiger partial charge in [0.2, 0.25) is 0 Å². The molecule has 62 valence electrons. The molecular formula is C8H10N4. The predicted molar refractivity (Wildman–Crippen MR) is 47.2 cm³/mol. The molecule has 1 aromatic carbocycles. The van der Waals surface area contributed by atoms with Crippen LogP contribution in [0.15, 0.2) is 29.4 Å². The zero-order valence-corrected chi connectivity index (χ0v) is 6.49. The van der Waals surface area contributed by atoms with Crippen molar-refractivity contribution in [1.82, 2.24) is 10.9 Å². The van der Waals surface area contributed by atoms with Gasteiger partial charge in [-0.15, -0.1) is 0 Å². The second kappa shape index (κ2) is 2.92. The Balaban J connectivity index is 2.45. The second-order valence-electron chi connectivity index (χ2n) is 2.62. The average molecular weight is 162 g/mol. The van der Waals surface area contributed by atoms with Crippen LogP contribution in [0.5, 0.6) is 0 Å². The summed E-state index contributed by atoms with van der Waals surface area (Å²) in [5, 5.41) is 3.95. The highest BCUT2D eigenvalue weighted by Crippen LogP contribution is 2.16. The number of hydrazine groups is 1. The zero-order chi connectivity index (χ0) is 8.39. The van der Waals surface area contributed by atoms with E-state index in [0.717, 1.165) is 11.1 Å². The average Bonchev–Trinajstić information content (AvgIpc) is 2.17. The van der Waals surface area contributed by atoms with Gasteiger partial charge in [0, 0.05) is 11.1 Å². The Morgan fingerprint density at radius 2 is 2.25 bits per heavy atom. The molecule has 1 unspecified atom stereocenters. The summed E-state index contributed by atoms with van der Waals surface area (Å²) < 4.78 is 0. The highest BCUT2D eigenvalue weighted by Gasteiger charge is 2.13. The van der Waals surface area contributed by atoms with Crippen LogP contribution in [0.3, 0.4) is 0 Å². The summed E-state index contributed by atoms with van der Waals surface area (Å²) in [5.74, 6) is 5.33. The molecule has 1 aliphatic heterocycles. The number of nitrogens with zero attached hydrogens (tertiary/aromatic N) is 1. The number of benzene rings is 1. The highest BCUT2D eigenvalue weighted by molar-refractivity contribution is 5.82. The molecule has 1 aromatic rings. The summed E-state index contributed by atoms with van der Waals surface area (Å²) in [7, 11) is 0. The van der Waals surface area contributed by atoms with E-state index in [1.807, 2.05) is 24.3 Å². The van der Waals surface area contributed by atoms with Gasteiger partial charge in [0.15, 0.2) is 0 Å². The lowest BCUT2D eigenvalue weighted by molar-refractivity contribution is 0.458. The van der Waals surface area contributed by atoms with Gasteiger partial charge in [-0.05, 0) is 0 Å². The molecule has 0 bridgehead atoms. The van der Waals surface area contributed by atoms with Crippen molar-refractivity contribution in [3.8, 4) is 0 Å². The van der Waals surface area contributed by atoms with Crippen molar-refractivity contribution in [1.29, 1.82) is 0 Å². The van der Waals surface area contributed by atoms with Crippen LogP contribution in [0.2, 0.25) is 0 Å². The Hall–Kier alpha value is -1.39. The molecule has 4 heteroatoms. The van der Waals surface area contributed by atoms with Crippen molar-refractivity contribution in [2.45, 2.75) is 6.17 Å². The molecule has 12 heavy (non-hydrogen) atoms. The van der Waals surface area contributed by atoms with E-state index in [9.17, 15) is 0 Å². The Kier molecular flexibility index (Phi) is 1.77. The standard InChI is InChI=1S/C8H10N4/c9-11-8-7-4-2-1-3-6(7)5-10-12-8/h1-5,8,11-12H,9H2. The van der Waals surface area contributed by atoms with Gasteiger partial charge in [0.1, 0.15) is 6.17 Å². The molecule has 0 radical (unpaired) electrons. The molecular weight excluding hydrogens is 152 g/mol.